The van der Waals surface area contributed by atoms with E-state index in [2.05, 4.69) is 15.2 Å². The fourth-order valence-electron chi connectivity index (χ4n) is 4.45. The van der Waals surface area contributed by atoms with Gasteiger partial charge in [0.2, 0.25) is 0 Å². The predicted octanol–water partition coefficient (Wildman–Crippen LogP) is 4.96. The molecule has 4 aromatic rings. The molecule has 2 atom stereocenters. The highest BCUT2D eigenvalue weighted by Crippen LogP contribution is 2.40. The largest absolute Gasteiger partial charge is 0.497 e. The first kappa shape index (κ1) is 22.5. The summed E-state index contributed by atoms with van der Waals surface area (Å²) in [5, 5.41) is 15.5. The minimum atomic E-state index is -0.383. The van der Waals surface area contributed by atoms with Gasteiger partial charge in [-0.1, -0.05) is 24.3 Å². The molecule has 0 bridgehead atoms. The van der Waals surface area contributed by atoms with E-state index in [0.717, 1.165) is 22.7 Å². The van der Waals surface area contributed by atoms with Crippen molar-refractivity contribution >= 4 is 23.0 Å². The molecule has 1 aliphatic rings. The highest BCUT2D eigenvalue weighted by Gasteiger charge is 2.41. The molecule has 0 aliphatic carbocycles. The van der Waals surface area contributed by atoms with Crippen molar-refractivity contribution in [3.05, 3.63) is 118 Å². The SMILES string of the molecule is COc1ccc(CN2C(=S)N[C@H](c3ccccn3)[C@@H]2c2cccn2-c2cccc([N+](=O)[O-])c2)cc1. The smallest absolute Gasteiger partial charge is 0.271 e. The second-order valence-electron chi connectivity index (χ2n) is 8.18. The third kappa shape index (κ3) is 4.45. The Balaban J connectivity index is 1.58. The number of nitro groups is 1. The van der Waals surface area contributed by atoms with Crippen LogP contribution < -0.4 is 10.1 Å². The molecule has 35 heavy (non-hydrogen) atoms. The summed E-state index contributed by atoms with van der Waals surface area (Å²) >= 11 is 5.80. The van der Waals surface area contributed by atoms with Crippen LogP contribution in [-0.4, -0.2) is 31.6 Å². The van der Waals surface area contributed by atoms with Crippen LogP contribution in [0.25, 0.3) is 5.69 Å². The number of pyridine rings is 1. The maximum Gasteiger partial charge on any atom is 0.271 e. The van der Waals surface area contributed by atoms with Gasteiger partial charge in [-0.2, -0.15) is 0 Å². The quantitative estimate of drug-likeness (QED) is 0.225. The van der Waals surface area contributed by atoms with Crippen molar-refractivity contribution in [2.24, 2.45) is 0 Å². The molecule has 0 unspecified atom stereocenters. The summed E-state index contributed by atoms with van der Waals surface area (Å²) in [4.78, 5) is 17.7. The molecule has 1 N–H and O–H groups in total. The van der Waals surface area contributed by atoms with Crippen LogP contribution in [0.5, 0.6) is 5.75 Å². The zero-order valence-corrected chi connectivity index (χ0v) is 19.8. The molecular weight excluding hydrogens is 462 g/mol. The van der Waals surface area contributed by atoms with Crippen LogP contribution >= 0.6 is 12.2 Å². The second kappa shape index (κ2) is 9.55. The van der Waals surface area contributed by atoms with Crippen molar-refractivity contribution < 1.29 is 9.66 Å². The van der Waals surface area contributed by atoms with E-state index in [0.29, 0.717) is 17.3 Å². The lowest BCUT2D eigenvalue weighted by Gasteiger charge is -2.29. The van der Waals surface area contributed by atoms with E-state index in [4.69, 9.17) is 17.0 Å². The van der Waals surface area contributed by atoms with Crippen LogP contribution in [0.4, 0.5) is 5.69 Å². The zero-order chi connectivity index (χ0) is 24.4. The van der Waals surface area contributed by atoms with Crippen LogP contribution in [-0.2, 0) is 6.54 Å². The number of hydrogen-bond acceptors (Lipinski definition) is 5. The van der Waals surface area contributed by atoms with Crippen LogP contribution in [0.3, 0.4) is 0 Å². The van der Waals surface area contributed by atoms with Gasteiger partial charge in [-0.05, 0) is 60.2 Å². The number of rotatable bonds is 7. The molecule has 1 fully saturated rings. The Morgan fingerprint density at radius 1 is 1.09 bits per heavy atom. The average Bonchev–Trinajstić information content (AvgIpc) is 3.49. The van der Waals surface area contributed by atoms with E-state index in [9.17, 15) is 10.1 Å². The highest BCUT2D eigenvalue weighted by molar-refractivity contribution is 7.80. The number of non-ortho nitro benzene ring substituents is 1. The van der Waals surface area contributed by atoms with Gasteiger partial charge in [0.05, 0.1) is 35.5 Å². The van der Waals surface area contributed by atoms with Crippen molar-refractivity contribution in [3.63, 3.8) is 0 Å². The van der Waals surface area contributed by atoms with Gasteiger partial charge in [0.25, 0.3) is 5.69 Å². The van der Waals surface area contributed by atoms with E-state index >= 15 is 0 Å². The molecule has 0 saturated carbocycles. The Labute approximate surface area is 207 Å². The normalized spacial score (nSPS) is 17.3. The number of benzene rings is 2. The number of aromatic nitrogens is 2. The minimum absolute atomic E-state index is 0.0404. The Morgan fingerprint density at radius 2 is 1.91 bits per heavy atom. The van der Waals surface area contributed by atoms with E-state index in [1.807, 2.05) is 71.4 Å². The first-order valence-electron chi connectivity index (χ1n) is 11.1. The lowest BCUT2D eigenvalue weighted by atomic mass is 10.0. The van der Waals surface area contributed by atoms with Crippen molar-refractivity contribution in [1.82, 2.24) is 19.8 Å². The number of nitrogens with zero attached hydrogens (tertiary/aromatic N) is 4. The first-order valence-corrected chi connectivity index (χ1v) is 11.5. The molecule has 1 aliphatic heterocycles. The van der Waals surface area contributed by atoms with Gasteiger partial charge < -0.3 is 19.5 Å². The fourth-order valence-corrected chi connectivity index (χ4v) is 4.76. The maximum absolute atomic E-state index is 11.4. The molecule has 3 heterocycles. The summed E-state index contributed by atoms with van der Waals surface area (Å²) in [6, 6.07) is 23.9. The summed E-state index contributed by atoms with van der Waals surface area (Å²) in [6.07, 6.45) is 3.68. The molecule has 2 aromatic carbocycles. The number of nitro benzene ring substituents is 1. The molecule has 0 amide bonds. The topological polar surface area (TPSA) is 85.5 Å². The maximum atomic E-state index is 11.4. The summed E-state index contributed by atoms with van der Waals surface area (Å²) < 4.78 is 7.27. The molecule has 0 spiro atoms. The lowest BCUT2D eigenvalue weighted by Crippen LogP contribution is -2.30. The standard InChI is InChI=1S/C26H23N5O3S/c1-34-21-12-10-18(11-13-21)17-30-25(24(28-26(30)35)22-8-2-3-14-27-22)23-9-5-15-29(23)19-6-4-7-20(16-19)31(32)33/h2-16,24-25H,17H2,1H3,(H,28,35)/t24-,25+/m1/s1. The number of thiocarbonyl (C=S) groups is 1. The number of ether oxygens (including phenoxy) is 1. The first-order chi connectivity index (χ1) is 17.0. The second-order valence-corrected chi connectivity index (χ2v) is 8.57. The Kier molecular flexibility index (Phi) is 6.15. The molecule has 2 aromatic heterocycles. The minimum Gasteiger partial charge on any atom is -0.497 e. The molecule has 5 rings (SSSR count). The van der Waals surface area contributed by atoms with Gasteiger partial charge in [0, 0.05) is 36.8 Å². The van der Waals surface area contributed by atoms with Crippen molar-refractivity contribution in [2.45, 2.75) is 18.6 Å². The van der Waals surface area contributed by atoms with Gasteiger partial charge >= 0.3 is 0 Å². The van der Waals surface area contributed by atoms with Gasteiger partial charge in [0.15, 0.2) is 5.11 Å². The molecule has 8 nitrogen and oxygen atoms in total. The van der Waals surface area contributed by atoms with E-state index in [-0.39, 0.29) is 22.7 Å². The Morgan fingerprint density at radius 3 is 2.63 bits per heavy atom. The third-order valence-electron chi connectivity index (χ3n) is 6.11. The lowest BCUT2D eigenvalue weighted by molar-refractivity contribution is -0.384. The van der Waals surface area contributed by atoms with Crippen LogP contribution in [0.1, 0.15) is 29.0 Å². The molecule has 9 heteroatoms. The van der Waals surface area contributed by atoms with Gasteiger partial charge in [-0.25, -0.2) is 0 Å². The highest BCUT2D eigenvalue weighted by atomic mass is 32.1. The summed E-state index contributed by atoms with van der Waals surface area (Å²) in [7, 11) is 1.64. The van der Waals surface area contributed by atoms with E-state index < -0.39 is 0 Å². The van der Waals surface area contributed by atoms with Crippen LogP contribution in [0.2, 0.25) is 0 Å². The van der Waals surface area contributed by atoms with Crippen molar-refractivity contribution in [1.29, 1.82) is 0 Å². The van der Waals surface area contributed by atoms with E-state index in [1.165, 1.54) is 6.07 Å². The average molecular weight is 486 g/mol. The Hall–Kier alpha value is -4.24. The van der Waals surface area contributed by atoms with Crippen LogP contribution in [0.15, 0.2) is 91.3 Å². The van der Waals surface area contributed by atoms with Gasteiger partial charge in [0.1, 0.15) is 5.75 Å². The van der Waals surface area contributed by atoms with E-state index in [1.54, 1.807) is 25.4 Å². The van der Waals surface area contributed by atoms with Gasteiger partial charge in [-0.3, -0.25) is 15.1 Å². The molecule has 176 valence electrons. The predicted molar refractivity (Wildman–Crippen MR) is 136 cm³/mol. The zero-order valence-electron chi connectivity index (χ0n) is 18.9. The monoisotopic (exact) mass is 485 g/mol. The van der Waals surface area contributed by atoms with Crippen molar-refractivity contribution in [2.75, 3.05) is 7.11 Å². The number of hydrogen-bond donors (Lipinski definition) is 1. The summed E-state index contributed by atoms with van der Waals surface area (Å²) in [5.74, 6) is 0.790. The molecule has 0 radical (unpaired) electrons. The Bertz CT molecular complexity index is 1360. The number of nitrogens with one attached hydrogen (secondary N) is 1. The van der Waals surface area contributed by atoms with Gasteiger partial charge in [-0.15, -0.1) is 0 Å². The summed E-state index contributed by atoms with van der Waals surface area (Å²) in [5.41, 5.74) is 3.64. The number of methoxy groups -OCH3 is 1. The molecule has 1 saturated heterocycles. The van der Waals surface area contributed by atoms with Crippen molar-refractivity contribution in [3.8, 4) is 11.4 Å². The summed E-state index contributed by atoms with van der Waals surface area (Å²) in [6.45, 7) is 0.573. The van der Waals surface area contributed by atoms with Crippen LogP contribution in [0, 0.1) is 10.1 Å². The fraction of sp³-hybridized carbons (Fsp3) is 0.154. The molecular formula is C26H23N5O3S. The third-order valence-corrected chi connectivity index (χ3v) is 6.46.